The molecule has 0 aliphatic heterocycles. The van der Waals surface area contributed by atoms with Gasteiger partial charge in [0.1, 0.15) is 6.10 Å². The molecule has 0 aliphatic carbocycles. The Morgan fingerprint density at radius 2 is 1.54 bits per heavy atom. The molecule has 0 radical (unpaired) electrons. The Morgan fingerprint density at radius 3 is 2.12 bits per heavy atom. The van der Waals surface area contributed by atoms with Crippen LogP contribution in [0.2, 0.25) is 0 Å². The highest BCUT2D eigenvalue weighted by Crippen LogP contribution is 2.07. The van der Waals surface area contributed by atoms with Gasteiger partial charge in [-0.25, -0.2) is 4.89 Å². The summed E-state index contributed by atoms with van der Waals surface area (Å²) in [7, 11) is 0. The molecule has 0 aromatic carbocycles. The van der Waals surface area contributed by atoms with Crippen molar-refractivity contribution in [3.05, 3.63) is 60.8 Å². The van der Waals surface area contributed by atoms with E-state index in [1.807, 2.05) is 30.4 Å². The minimum Gasteiger partial charge on any atom is -0.481 e. The fourth-order valence-electron chi connectivity index (χ4n) is 2.17. The van der Waals surface area contributed by atoms with Crippen LogP contribution in [0.1, 0.15) is 64.7 Å². The molecule has 0 saturated carbocycles. The van der Waals surface area contributed by atoms with E-state index in [0.717, 1.165) is 44.9 Å². The monoisotopic (exact) mass is 362 g/mol. The van der Waals surface area contributed by atoms with E-state index in [1.54, 1.807) is 0 Å². The van der Waals surface area contributed by atoms with Crippen molar-refractivity contribution in [2.75, 3.05) is 0 Å². The van der Waals surface area contributed by atoms with Crippen molar-refractivity contribution in [1.29, 1.82) is 0 Å². The quantitative estimate of drug-likeness (QED) is 0.112. The lowest BCUT2D eigenvalue weighted by atomic mass is 10.1. The molecule has 26 heavy (non-hydrogen) atoms. The van der Waals surface area contributed by atoms with Gasteiger partial charge in [-0.05, 0) is 32.1 Å². The van der Waals surface area contributed by atoms with Gasteiger partial charge < -0.3 is 5.11 Å². The fraction of sp³-hybridized carbons (Fsp3) is 0.500. The van der Waals surface area contributed by atoms with Gasteiger partial charge in [-0.15, -0.1) is 0 Å². The normalized spacial score (nSPS) is 13.9. The highest BCUT2D eigenvalue weighted by atomic mass is 17.1. The van der Waals surface area contributed by atoms with Gasteiger partial charge in [0, 0.05) is 6.42 Å². The van der Waals surface area contributed by atoms with Crippen LogP contribution in [0, 0.1) is 0 Å². The van der Waals surface area contributed by atoms with Crippen molar-refractivity contribution in [3.8, 4) is 0 Å². The Kier molecular flexibility index (Phi) is 18.0. The van der Waals surface area contributed by atoms with E-state index in [9.17, 15) is 4.79 Å². The lowest BCUT2D eigenvalue weighted by Crippen LogP contribution is -2.06. The molecule has 146 valence electrons. The largest absolute Gasteiger partial charge is 0.481 e. The third kappa shape index (κ3) is 18.4. The Bertz CT molecular complexity index is 473. The third-order valence-corrected chi connectivity index (χ3v) is 3.64. The first-order chi connectivity index (χ1) is 12.7. The van der Waals surface area contributed by atoms with Crippen LogP contribution in [0.4, 0.5) is 0 Å². The Labute approximate surface area is 158 Å². The molecular weight excluding hydrogens is 328 g/mol. The van der Waals surface area contributed by atoms with E-state index in [2.05, 4.69) is 42.2 Å². The molecular formula is C22H34O4. The molecule has 0 amide bonds. The molecule has 0 aliphatic rings. The number of carboxylic acids is 1. The summed E-state index contributed by atoms with van der Waals surface area (Å²) < 4.78 is 0. The molecule has 0 aromatic heterocycles. The lowest BCUT2D eigenvalue weighted by molar-refractivity contribution is -0.267. The van der Waals surface area contributed by atoms with Crippen molar-refractivity contribution in [3.63, 3.8) is 0 Å². The number of carboxylic acid groups (broad SMARTS) is 1. The molecule has 0 saturated heterocycles. The van der Waals surface area contributed by atoms with Crippen molar-refractivity contribution < 1.29 is 20.0 Å². The molecule has 0 bridgehead atoms. The molecule has 0 unspecified atom stereocenters. The highest BCUT2D eigenvalue weighted by Gasteiger charge is 2.02. The summed E-state index contributed by atoms with van der Waals surface area (Å²) >= 11 is 0. The van der Waals surface area contributed by atoms with Crippen molar-refractivity contribution in [2.45, 2.75) is 70.8 Å². The van der Waals surface area contributed by atoms with E-state index in [-0.39, 0.29) is 12.5 Å². The van der Waals surface area contributed by atoms with Gasteiger partial charge in [-0.1, -0.05) is 86.9 Å². The summed E-state index contributed by atoms with van der Waals surface area (Å²) in [6.45, 7) is 2.15. The van der Waals surface area contributed by atoms with Crippen LogP contribution >= 0.6 is 0 Å². The first kappa shape index (κ1) is 24.1. The maximum absolute atomic E-state index is 10.3. The fourth-order valence-corrected chi connectivity index (χ4v) is 2.17. The van der Waals surface area contributed by atoms with Gasteiger partial charge in [0.15, 0.2) is 0 Å². The zero-order valence-corrected chi connectivity index (χ0v) is 15.9. The Morgan fingerprint density at radius 1 is 0.923 bits per heavy atom. The summed E-state index contributed by atoms with van der Waals surface area (Å²) in [4.78, 5) is 14.8. The first-order valence-corrected chi connectivity index (χ1v) is 9.51. The predicted octanol–water partition coefficient (Wildman–Crippen LogP) is 6.24. The standard InChI is InChI=1S/C22H34O4/c1-2-3-15-18-21(26-25)19-16-13-11-9-7-5-4-6-8-10-12-14-17-20-22(23)24/h5-8,11-14,16,19,21,25H,2-4,9-10,15,17-18,20H2,1H3,(H,23,24)/b7-5-,8-6-,13-11-,14-12-,19-16+/t21-/m0/s1. The molecule has 4 heteroatoms. The van der Waals surface area contributed by atoms with Crippen molar-refractivity contribution in [2.24, 2.45) is 0 Å². The van der Waals surface area contributed by atoms with E-state index in [4.69, 9.17) is 10.4 Å². The number of rotatable bonds is 16. The number of aliphatic carboxylic acids is 1. The second kappa shape index (κ2) is 19.4. The van der Waals surface area contributed by atoms with Gasteiger partial charge >= 0.3 is 5.97 Å². The minimum atomic E-state index is -0.756. The van der Waals surface area contributed by atoms with E-state index in [0.29, 0.717) is 6.42 Å². The van der Waals surface area contributed by atoms with Crippen LogP contribution in [0.25, 0.3) is 0 Å². The molecule has 0 heterocycles. The van der Waals surface area contributed by atoms with Gasteiger partial charge in [0.05, 0.1) is 0 Å². The first-order valence-electron chi connectivity index (χ1n) is 9.51. The van der Waals surface area contributed by atoms with Crippen LogP contribution in [0.15, 0.2) is 60.8 Å². The smallest absolute Gasteiger partial charge is 0.303 e. The number of allylic oxidation sites excluding steroid dienone is 9. The topological polar surface area (TPSA) is 66.8 Å². The second-order valence-corrected chi connectivity index (χ2v) is 6.01. The third-order valence-electron chi connectivity index (χ3n) is 3.64. The van der Waals surface area contributed by atoms with Gasteiger partial charge in [0.2, 0.25) is 0 Å². The zero-order chi connectivity index (χ0) is 19.3. The van der Waals surface area contributed by atoms with Crippen LogP contribution in [0.5, 0.6) is 0 Å². The summed E-state index contributed by atoms with van der Waals surface area (Å²) in [5.74, 6) is -0.756. The number of hydrogen-bond donors (Lipinski definition) is 2. The average molecular weight is 363 g/mol. The van der Waals surface area contributed by atoms with E-state index in [1.165, 1.54) is 0 Å². The summed E-state index contributed by atoms with van der Waals surface area (Å²) in [5.41, 5.74) is 0. The van der Waals surface area contributed by atoms with Crippen LogP contribution < -0.4 is 0 Å². The lowest BCUT2D eigenvalue weighted by Gasteiger charge is -2.07. The Hall–Kier alpha value is -1.91. The molecule has 2 N–H and O–H groups in total. The van der Waals surface area contributed by atoms with Crippen molar-refractivity contribution in [1.82, 2.24) is 0 Å². The molecule has 0 aromatic rings. The SMILES string of the molecule is CCCCC[C@@H](/C=C/C=C\C/C=C\C/C=C\C/C=C\CCC(=O)O)OO. The molecule has 4 nitrogen and oxygen atoms in total. The minimum absolute atomic E-state index is 0.193. The van der Waals surface area contributed by atoms with Crippen LogP contribution in [0.3, 0.4) is 0 Å². The molecule has 0 spiro atoms. The molecule has 0 fully saturated rings. The second-order valence-electron chi connectivity index (χ2n) is 6.01. The van der Waals surface area contributed by atoms with Crippen LogP contribution in [-0.2, 0) is 9.68 Å². The van der Waals surface area contributed by atoms with Gasteiger partial charge in [0.25, 0.3) is 0 Å². The zero-order valence-electron chi connectivity index (χ0n) is 15.9. The number of carbonyl (C=O) groups is 1. The number of unbranched alkanes of at least 4 members (excludes halogenated alkanes) is 2. The molecule has 0 rings (SSSR count). The summed E-state index contributed by atoms with van der Waals surface area (Å²) in [6.07, 6.45) is 27.5. The summed E-state index contributed by atoms with van der Waals surface area (Å²) in [6, 6.07) is 0. The summed E-state index contributed by atoms with van der Waals surface area (Å²) in [5, 5.41) is 17.3. The van der Waals surface area contributed by atoms with E-state index < -0.39 is 5.97 Å². The average Bonchev–Trinajstić information content (AvgIpc) is 2.63. The highest BCUT2D eigenvalue weighted by molar-refractivity contribution is 5.66. The molecule has 1 atom stereocenters. The predicted molar refractivity (Wildman–Crippen MR) is 108 cm³/mol. The maximum atomic E-state index is 10.3. The van der Waals surface area contributed by atoms with Gasteiger partial charge in [-0.2, -0.15) is 0 Å². The van der Waals surface area contributed by atoms with Crippen LogP contribution in [-0.4, -0.2) is 22.4 Å². The Balaban J connectivity index is 3.72. The number of hydrogen-bond acceptors (Lipinski definition) is 3. The van der Waals surface area contributed by atoms with E-state index >= 15 is 0 Å². The van der Waals surface area contributed by atoms with Crippen molar-refractivity contribution >= 4 is 5.97 Å². The van der Waals surface area contributed by atoms with Gasteiger partial charge in [-0.3, -0.25) is 10.1 Å². The maximum Gasteiger partial charge on any atom is 0.303 e.